The summed E-state index contributed by atoms with van der Waals surface area (Å²) < 4.78 is 0. The maximum absolute atomic E-state index is 12.1. The smallest absolute Gasteiger partial charge is 0.248 e. The fourth-order valence-corrected chi connectivity index (χ4v) is 3.86. The summed E-state index contributed by atoms with van der Waals surface area (Å²) in [5.74, 6) is 0.0639. The number of phenolic OH excluding ortho intramolecular Hbond substituents is 1. The van der Waals surface area contributed by atoms with Gasteiger partial charge in [-0.2, -0.15) is 0 Å². The van der Waals surface area contributed by atoms with Gasteiger partial charge in [0, 0.05) is 50.6 Å². The first kappa shape index (κ1) is 23.2. The lowest BCUT2D eigenvalue weighted by atomic mass is 10.1. The molecule has 0 radical (unpaired) electrons. The summed E-state index contributed by atoms with van der Waals surface area (Å²) in [7, 11) is 2.12. The molecule has 4 rings (SSSR count). The molecular formula is C27H31N5O2. The van der Waals surface area contributed by atoms with Crippen LogP contribution in [0.15, 0.2) is 72.8 Å². The monoisotopic (exact) mass is 457 g/mol. The minimum atomic E-state index is -0.233. The van der Waals surface area contributed by atoms with E-state index in [0.29, 0.717) is 23.7 Å². The van der Waals surface area contributed by atoms with Crippen LogP contribution in [0.4, 0.5) is 22.7 Å². The van der Waals surface area contributed by atoms with Crippen molar-refractivity contribution in [2.75, 3.05) is 54.5 Å². The lowest BCUT2D eigenvalue weighted by Gasteiger charge is -2.34. The van der Waals surface area contributed by atoms with Crippen LogP contribution >= 0.6 is 0 Å². The Labute approximate surface area is 200 Å². The third kappa shape index (κ3) is 6.08. The maximum atomic E-state index is 12.1. The second kappa shape index (κ2) is 10.8. The van der Waals surface area contributed by atoms with Gasteiger partial charge >= 0.3 is 0 Å². The average molecular weight is 458 g/mol. The summed E-state index contributed by atoms with van der Waals surface area (Å²) in [6.07, 6.45) is 3.26. The number of para-hydroxylation sites is 2. The molecule has 34 heavy (non-hydrogen) atoms. The van der Waals surface area contributed by atoms with Crippen LogP contribution in [0, 0.1) is 0 Å². The van der Waals surface area contributed by atoms with Gasteiger partial charge in [-0.15, -0.1) is 0 Å². The predicted octanol–water partition coefficient (Wildman–Crippen LogP) is 3.99. The summed E-state index contributed by atoms with van der Waals surface area (Å²) >= 11 is 0. The van der Waals surface area contributed by atoms with Gasteiger partial charge in [0.1, 0.15) is 5.75 Å². The molecule has 1 aliphatic heterocycles. The van der Waals surface area contributed by atoms with Gasteiger partial charge in [0.2, 0.25) is 5.91 Å². The second-order valence-corrected chi connectivity index (χ2v) is 8.50. The minimum Gasteiger partial charge on any atom is -0.506 e. The minimum absolute atomic E-state index is 0.233. The third-order valence-corrected chi connectivity index (χ3v) is 5.94. The van der Waals surface area contributed by atoms with Crippen molar-refractivity contribution in [1.29, 1.82) is 0 Å². The fraction of sp³-hybridized carbons (Fsp3) is 0.222. The van der Waals surface area contributed by atoms with Crippen molar-refractivity contribution in [3.05, 3.63) is 83.9 Å². The number of nitrogens with two attached hydrogens (primary N) is 1. The van der Waals surface area contributed by atoms with Crippen LogP contribution in [-0.4, -0.2) is 49.1 Å². The van der Waals surface area contributed by atoms with E-state index in [-0.39, 0.29) is 5.91 Å². The molecule has 1 saturated heterocycles. The molecule has 7 nitrogen and oxygen atoms in total. The Morgan fingerprint density at radius 2 is 1.76 bits per heavy atom. The van der Waals surface area contributed by atoms with Crippen molar-refractivity contribution in [3.8, 4) is 5.75 Å². The predicted molar refractivity (Wildman–Crippen MR) is 140 cm³/mol. The van der Waals surface area contributed by atoms with E-state index in [0.717, 1.165) is 48.7 Å². The second-order valence-electron chi connectivity index (χ2n) is 8.50. The molecule has 3 aromatic rings. The summed E-state index contributed by atoms with van der Waals surface area (Å²) in [5, 5.41) is 16.6. The topological polar surface area (TPSA) is 93.9 Å². The molecule has 1 aliphatic rings. The average Bonchev–Trinajstić information content (AvgIpc) is 2.84. The zero-order chi connectivity index (χ0) is 23.9. The zero-order valence-corrected chi connectivity index (χ0v) is 19.4. The molecule has 0 aliphatic carbocycles. The number of nitrogen functional groups attached to an aromatic ring is 1. The van der Waals surface area contributed by atoms with E-state index in [4.69, 9.17) is 5.73 Å². The molecule has 0 aromatic heterocycles. The van der Waals surface area contributed by atoms with Crippen LogP contribution < -0.4 is 21.3 Å². The molecule has 3 aromatic carbocycles. The van der Waals surface area contributed by atoms with Gasteiger partial charge in [0.05, 0.1) is 17.1 Å². The van der Waals surface area contributed by atoms with Gasteiger partial charge < -0.3 is 31.3 Å². The van der Waals surface area contributed by atoms with Gasteiger partial charge in [-0.25, -0.2) is 0 Å². The molecule has 7 heteroatoms. The SMILES string of the molecule is CN1CCN(c2ccc(NCc3ccc(/C=C\C(=O)Nc4ccccc4N)cc3)cc2O)CC1. The molecule has 1 fully saturated rings. The van der Waals surface area contributed by atoms with Crippen molar-refractivity contribution in [1.82, 2.24) is 4.90 Å². The number of piperazine rings is 1. The van der Waals surface area contributed by atoms with Crippen molar-refractivity contribution < 1.29 is 9.90 Å². The van der Waals surface area contributed by atoms with Crippen LogP contribution in [0.2, 0.25) is 0 Å². The van der Waals surface area contributed by atoms with E-state index in [1.165, 1.54) is 6.08 Å². The van der Waals surface area contributed by atoms with Crippen molar-refractivity contribution >= 4 is 34.7 Å². The van der Waals surface area contributed by atoms with E-state index in [1.807, 2.05) is 48.5 Å². The normalized spacial score (nSPS) is 14.3. The van der Waals surface area contributed by atoms with Crippen molar-refractivity contribution in [2.45, 2.75) is 6.54 Å². The number of phenols is 1. The number of carbonyl (C=O) groups excluding carboxylic acids is 1. The van der Waals surface area contributed by atoms with E-state index in [2.05, 4.69) is 27.5 Å². The summed E-state index contributed by atoms with van der Waals surface area (Å²) in [4.78, 5) is 16.7. The quantitative estimate of drug-likeness (QED) is 0.317. The van der Waals surface area contributed by atoms with E-state index in [1.54, 1.807) is 24.3 Å². The number of anilines is 4. The molecule has 0 saturated carbocycles. The largest absolute Gasteiger partial charge is 0.506 e. The number of nitrogens with one attached hydrogen (secondary N) is 2. The van der Waals surface area contributed by atoms with Gasteiger partial charge in [-0.1, -0.05) is 36.4 Å². The molecule has 176 valence electrons. The Balaban J connectivity index is 1.29. The first-order valence-corrected chi connectivity index (χ1v) is 11.4. The molecule has 0 spiro atoms. The Morgan fingerprint density at radius 1 is 1.03 bits per heavy atom. The molecule has 1 heterocycles. The first-order chi connectivity index (χ1) is 16.5. The molecule has 0 unspecified atom stereocenters. The van der Waals surface area contributed by atoms with Crippen LogP contribution in [0.25, 0.3) is 6.08 Å². The van der Waals surface area contributed by atoms with Crippen LogP contribution in [0.5, 0.6) is 5.75 Å². The van der Waals surface area contributed by atoms with Crippen molar-refractivity contribution in [2.24, 2.45) is 0 Å². The van der Waals surface area contributed by atoms with Crippen LogP contribution in [-0.2, 0) is 11.3 Å². The third-order valence-electron chi connectivity index (χ3n) is 5.94. The number of benzene rings is 3. The number of aromatic hydroxyl groups is 1. The summed E-state index contributed by atoms with van der Waals surface area (Å²) in [6, 6.07) is 20.9. The zero-order valence-electron chi connectivity index (χ0n) is 19.4. The number of hydrogen-bond acceptors (Lipinski definition) is 6. The van der Waals surface area contributed by atoms with Crippen LogP contribution in [0.3, 0.4) is 0 Å². The van der Waals surface area contributed by atoms with Gasteiger partial charge in [-0.3, -0.25) is 4.79 Å². The summed E-state index contributed by atoms with van der Waals surface area (Å²) in [6.45, 7) is 4.46. The Morgan fingerprint density at radius 3 is 2.47 bits per heavy atom. The molecule has 1 amide bonds. The highest BCUT2D eigenvalue weighted by atomic mass is 16.3. The number of rotatable bonds is 7. The first-order valence-electron chi connectivity index (χ1n) is 11.4. The summed E-state index contributed by atoms with van der Waals surface area (Å²) in [5.41, 5.74) is 10.8. The van der Waals surface area contributed by atoms with Gasteiger partial charge in [0.15, 0.2) is 0 Å². The highest BCUT2D eigenvalue weighted by Gasteiger charge is 2.17. The van der Waals surface area contributed by atoms with Gasteiger partial charge in [0.25, 0.3) is 0 Å². The molecular weight excluding hydrogens is 426 g/mol. The van der Waals surface area contributed by atoms with Crippen molar-refractivity contribution in [3.63, 3.8) is 0 Å². The number of amides is 1. The molecule has 0 bridgehead atoms. The highest BCUT2D eigenvalue weighted by molar-refractivity contribution is 6.03. The Bertz CT molecular complexity index is 1150. The van der Waals surface area contributed by atoms with E-state index < -0.39 is 0 Å². The fourth-order valence-electron chi connectivity index (χ4n) is 3.86. The standard InChI is InChI=1S/C27H31N5O2/c1-31-14-16-32(17-15-31)25-12-11-22(18-26(25)33)29-19-21-8-6-20(7-9-21)10-13-27(34)30-24-5-3-2-4-23(24)28/h2-13,18,29,33H,14-17,19,28H2,1H3,(H,30,34)/b13-10-. The molecule has 5 N–H and O–H groups in total. The Hall–Kier alpha value is -3.97. The number of likely N-dealkylation sites (N-methyl/N-ethyl adjacent to an activating group) is 1. The number of carbonyl (C=O) groups is 1. The highest BCUT2D eigenvalue weighted by Crippen LogP contribution is 2.31. The van der Waals surface area contributed by atoms with Crippen LogP contribution in [0.1, 0.15) is 11.1 Å². The van der Waals surface area contributed by atoms with E-state index in [9.17, 15) is 9.90 Å². The number of hydrogen-bond donors (Lipinski definition) is 4. The van der Waals surface area contributed by atoms with Gasteiger partial charge in [-0.05, 0) is 48.5 Å². The Kier molecular flexibility index (Phi) is 7.34. The lowest BCUT2D eigenvalue weighted by molar-refractivity contribution is -0.111. The lowest BCUT2D eigenvalue weighted by Crippen LogP contribution is -2.44. The molecule has 0 atom stereocenters. The van der Waals surface area contributed by atoms with E-state index >= 15 is 0 Å². The maximum Gasteiger partial charge on any atom is 0.248 e. The number of nitrogens with zero attached hydrogens (tertiary/aromatic N) is 2.